The number of amides is 1. The van der Waals surface area contributed by atoms with Gasteiger partial charge in [0.2, 0.25) is 5.91 Å². The van der Waals surface area contributed by atoms with Crippen molar-refractivity contribution in [3.63, 3.8) is 0 Å². The van der Waals surface area contributed by atoms with Gasteiger partial charge in [-0.2, -0.15) is 0 Å². The number of benzene rings is 1. The van der Waals surface area contributed by atoms with Crippen LogP contribution in [0.5, 0.6) is 0 Å². The van der Waals surface area contributed by atoms with Crippen LogP contribution in [0.15, 0.2) is 42.5 Å². The van der Waals surface area contributed by atoms with Crippen LogP contribution < -0.4 is 9.80 Å². The van der Waals surface area contributed by atoms with Gasteiger partial charge in [-0.05, 0) is 68.6 Å². The van der Waals surface area contributed by atoms with E-state index in [1.807, 2.05) is 0 Å². The van der Waals surface area contributed by atoms with Gasteiger partial charge in [0.05, 0.1) is 0 Å². The van der Waals surface area contributed by atoms with Crippen molar-refractivity contribution in [2.24, 2.45) is 11.8 Å². The van der Waals surface area contributed by atoms with Crippen molar-refractivity contribution in [2.45, 2.75) is 44.9 Å². The van der Waals surface area contributed by atoms with Gasteiger partial charge in [0.25, 0.3) is 0 Å². The van der Waals surface area contributed by atoms with E-state index in [-0.39, 0.29) is 5.92 Å². The van der Waals surface area contributed by atoms with Crippen LogP contribution in [0.25, 0.3) is 0 Å². The molecule has 2 aromatic rings. The molecular weight excluding hydrogens is 398 g/mol. The lowest BCUT2D eigenvalue weighted by molar-refractivity contribution is -0.137. The predicted octanol–water partition coefficient (Wildman–Crippen LogP) is 3.77. The molecule has 4 heterocycles. The number of hydrogen-bond donors (Lipinski definition) is 0. The van der Waals surface area contributed by atoms with E-state index < -0.39 is 0 Å². The van der Waals surface area contributed by atoms with Gasteiger partial charge >= 0.3 is 0 Å². The first kappa shape index (κ1) is 21.2. The van der Waals surface area contributed by atoms with Crippen LogP contribution in [-0.2, 0) is 11.2 Å². The van der Waals surface area contributed by atoms with Gasteiger partial charge in [0.15, 0.2) is 11.6 Å². The Morgan fingerprint density at radius 3 is 1.94 bits per heavy atom. The van der Waals surface area contributed by atoms with E-state index in [0.29, 0.717) is 11.8 Å². The molecule has 3 fully saturated rings. The smallest absolute Gasteiger partial charge is 0.225 e. The summed E-state index contributed by atoms with van der Waals surface area (Å²) in [6.07, 6.45) is 7.71. The van der Waals surface area contributed by atoms with Crippen LogP contribution in [0.2, 0.25) is 0 Å². The molecule has 1 aromatic heterocycles. The predicted molar refractivity (Wildman–Crippen MR) is 128 cm³/mol. The largest absolute Gasteiger partial charge is 0.355 e. The average molecular weight is 434 g/mol. The molecule has 3 aliphatic heterocycles. The monoisotopic (exact) mass is 433 g/mol. The van der Waals surface area contributed by atoms with Crippen LogP contribution >= 0.6 is 0 Å². The lowest BCUT2D eigenvalue weighted by atomic mass is 9.88. The highest BCUT2D eigenvalue weighted by atomic mass is 16.2. The second kappa shape index (κ2) is 9.88. The summed E-state index contributed by atoms with van der Waals surface area (Å²) in [7, 11) is 0. The number of carbonyl (C=O) groups is 1. The number of piperidine rings is 2. The van der Waals surface area contributed by atoms with E-state index in [1.54, 1.807) is 0 Å². The molecule has 1 amide bonds. The number of hydrogen-bond acceptors (Lipinski definition) is 5. The summed E-state index contributed by atoms with van der Waals surface area (Å²) in [5.41, 5.74) is 1.42. The number of carbonyl (C=O) groups excluding carboxylic acids is 1. The minimum atomic E-state index is 0.161. The van der Waals surface area contributed by atoms with Crippen molar-refractivity contribution in [3.8, 4) is 0 Å². The third kappa shape index (κ3) is 4.89. The first-order valence-electron chi connectivity index (χ1n) is 12.4. The van der Waals surface area contributed by atoms with Gasteiger partial charge < -0.3 is 14.7 Å². The van der Waals surface area contributed by atoms with E-state index >= 15 is 0 Å². The Kier molecular flexibility index (Phi) is 6.56. The Morgan fingerprint density at radius 1 is 0.750 bits per heavy atom. The third-order valence-electron chi connectivity index (χ3n) is 7.53. The molecule has 0 saturated carbocycles. The van der Waals surface area contributed by atoms with Crippen molar-refractivity contribution in [2.75, 3.05) is 49.1 Å². The summed E-state index contributed by atoms with van der Waals surface area (Å²) in [6.45, 7) is 5.78. The van der Waals surface area contributed by atoms with Gasteiger partial charge in [-0.25, -0.2) is 0 Å². The van der Waals surface area contributed by atoms with E-state index in [2.05, 4.69) is 67.4 Å². The molecule has 170 valence electrons. The van der Waals surface area contributed by atoms with Gasteiger partial charge in [-0.15, -0.1) is 10.2 Å². The molecule has 0 N–H and O–H groups in total. The number of aromatic nitrogens is 2. The van der Waals surface area contributed by atoms with Crippen molar-refractivity contribution in [1.82, 2.24) is 15.1 Å². The molecule has 3 saturated heterocycles. The zero-order chi connectivity index (χ0) is 21.8. The van der Waals surface area contributed by atoms with Crippen LogP contribution in [0, 0.1) is 11.8 Å². The quantitative estimate of drug-likeness (QED) is 0.718. The van der Waals surface area contributed by atoms with E-state index in [4.69, 9.17) is 0 Å². The second-order valence-electron chi connectivity index (χ2n) is 9.66. The summed E-state index contributed by atoms with van der Waals surface area (Å²) < 4.78 is 0. The molecule has 0 spiro atoms. The molecule has 6 nitrogen and oxygen atoms in total. The van der Waals surface area contributed by atoms with E-state index in [1.165, 1.54) is 18.4 Å². The van der Waals surface area contributed by atoms with Crippen molar-refractivity contribution in [3.05, 3.63) is 48.0 Å². The minimum absolute atomic E-state index is 0.161. The zero-order valence-electron chi connectivity index (χ0n) is 19.0. The Hall–Kier alpha value is -2.63. The van der Waals surface area contributed by atoms with Crippen LogP contribution in [0.4, 0.5) is 11.6 Å². The maximum atomic E-state index is 13.1. The third-order valence-corrected chi connectivity index (χ3v) is 7.53. The van der Waals surface area contributed by atoms with Crippen LogP contribution in [0.1, 0.15) is 44.1 Å². The Bertz CT molecular complexity index is 865. The highest BCUT2D eigenvalue weighted by Crippen LogP contribution is 2.27. The molecule has 6 heteroatoms. The number of nitrogens with zero attached hydrogens (tertiary/aromatic N) is 5. The SMILES string of the molecule is O=C(C1CCN(c2ccc(N3CCCC3)nn2)CC1)N1CCC(Cc2ccccc2)CC1. The molecule has 0 bridgehead atoms. The van der Waals surface area contributed by atoms with E-state index in [9.17, 15) is 4.79 Å². The molecule has 0 aliphatic carbocycles. The highest BCUT2D eigenvalue weighted by molar-refractivity contribution is 5.79. The zero-order valence-corrected chi connectivity index (χ0v) is 19.0. The lowest BCUT2D eigenvalue weighted by Crippen LogP contribution is -2.45. The average Bonchev–Trinajstić information content (AvgIpc) is 3.40. The summed E-state index contributed by atoms with van der Waals surface area (Å²) in [6, 6.07) is 14.9. The molecule has 0 atom stereocenters. The molecule has 0 unspecified atom stereocenters. The first-order chi connectivity index (χ1) is 15.8. The Labute approximate surface area is 191 Å². The second-order valence-corrected chi connectivity index (χ2v) is 9.66. The summed E-state index contributed by atoms with van der Waals surface area (Å²) in [4.78, 5) is 19.9. The lowest BCUT2D eigenvalue weighted by Gasteiger charge is -2.37. The van der Waals surface area contributed by atoms with Gasteiger partial charge in [0, 0.05) is 45.2 Å². The fraction of sp³-hybridized carbons (Fsp3) is 0.577. The fourth-order valence-corrected chi connectivity index (χ4v) is 5.52. The van der Waals surface area contributed by atoms with Gasteiger partial charge in [-0.1, -0.05) is 30.3 Å². The van der Waals surface area contributed by atoms with Crippen LogP contribution in [-0.4, -0.2) is 60.3 Å². The molecule has 5 rings (SSSR count). The maximum absolute atomic E-state index is 13.1. The van der Waals surface area contributed by atoms with Gasteiger partial charge in [0.1, 0.15) is 0 Å². The summed E-state index contributed by atoms with van der Waals surface area (Å²) >= 11 is 0. The molecule has 3 aliphatic rings. The number of likely N-dealkylation sites (tertiary alicyclic amines) is 1. The van der Waals surface area contributed by atoms with Crippen LogP contribution in [0.3, 0.4) is 0 Å². The first-order valence-corrected chi connectivity index (χ1v) is 12.4. The standard InChI is InChI=1S/C26H35N5O/c32-26(31-16-10-22(11-17-31)20-21-6-2-1-3-7-21)23-12-18-30(19-13-23)25-9-8-24(27-28-25)29-14-4-5-15-29/h1-3,6-9,22-23H,4-5,10-20H2. The summed E-state index contributed by atoms with van der Waals surface area (Å²) in [5, 5.41) is 8.95. The molecule has 0 radical (unpaired) electrons. The number of rotatable bonds is 5. The molecule has 1 aromatic carbocycles. The topological polar surface area (TPSA) is 52.6 Å². The Balaban J connectivity index is 1.08. The van der Waals surface area contributed by atoms with Crippen molar-refractivity contribution >= 4 is 17.5 Å². The van der Waals surface area contributed by atoms with Crippen molar-refractivity contribution < 1.29 is 4.79 Å². The summed E-state index contributed by atoms with van der Waals surface area (Å²) in [5.74, 6) is 3.17. The van der Waals surface area contributed by atoms with Crippen molar-refractivity contribution in [1.29, 1.82) is 0 Å². The highest BCUT2D eigenvalue weighted by Gasteiger charge is 2.31. The molecular formula is C26H35N5O. The van der Waals surface area contributed by atoms with Gasteiger partial charge in [-0.3, -0.25) is 4.79 Å². The normalized spacial score (nSPS) is 20.7. The Morgan fingerprint density at radius 2 is 1.34 bits per heavy atom. The number of anilines is 2. The minimum Gasteiger partial charge on any atom is -0.355 e. The maximum Gasteiger partial charge on any atom is 0.225 e. The van der Waals surface area contributed by atoms with E-state index in [0.717, 1.165) is 83.0 Å². The molecule has 32 heavy (non-hydrogen) atoms. The fourth-order valence-electron chi connectivity index (χ4n) is 5.52.